The number of hydrogen-bond acceptors (Lipinski definition) is 4. The fourth-order valence-electron chi connectivity index (χ4n) is 4.65. The summed E-state index contributed by atoms with van der Waals surface area (Å²) in [6.45, 7) is 4.40. The molecule has 4 rings (SSSR count). The monoisotopic (exact) mass is 370 g/mol. The zero-order chi connectivity index (χ0) is 17.8. The Labute approximate surface area is 162 Å². The molecular weight excluding hydrogens is 339 g/mol. The first-order valence-corrected chi connectivity index (χ1v) is 11.3. The SMILES string of the molecule is OC1(BCN2CCN(c3cccc4sccc34)CC2)CCCCCCC1. The molecule has 0 amide bonds. The van der Waals surface area contributed by atoms with Gasteiger partial charge < -0.3 is 14.9 Å². The van der Waals surface area contributed by atoms with Crippen molar-refractivity contribution >= 4 is 34.4 Å². The second kappa shape index (κ2) is 8.32. The van der Waals surface area contributed by atoms with Gasteiger partial charge in [-0.2, -0.15) is 0 Å². The van der Waals surface area contributed by atoms with Gasteiger partial charge in [-0.1, -0.05) is 38.2 Å². The van der Waals surface area contributed by atoms with Crippen molar-refractivity contribution in [2.45, 2.75) is 50.4 Å². The Morgan fingerprint density at radius 3 is 2.46 bits per heavy atom. The molecule has 0 unspecified atom stereocenters. The highest BCUT2D eigenvalue weighted by atomic mass is 32.1. The van der Waals surface area contributed by atoms with Crippen molar-refractivity contribution in [2.75, 3.05) is 37.5 Å². The van der Waals surface area contributed by atoms with E-state index in [1.165, 1.54) is 47.9 Å². The van der Waals surface area contributed by atoms with Crippen LogP contribution in [0.1, 0.15) is 44.9 Å². The highest BCUT2D eigenvalue weighted by Gasteiger charge is 2.29. The Morgan fingerprint density at radius 2 is 1.69 bits per heavy atom. The van der Waals surface area contributed by atoms with E-state index >= 15 is 0 Å². The van der Waals surface area contributed by atoms with Gasteiger partial charge in [-0.25, -0.2) is 0 Å². The Bertz CT molecular complexity index is 703. The van der Waals surface area contributed by atoms with E-state index in [4.69, 9.17) is 0 Å². The molecule has 2 heterocycles. The van der Waals surface area contributed by atoms with Crippen LogP contribution in [0.15, 0.2) is 29.6 Å². The lowest BCUT2D eigenvalue weighted by atomic mass is 9.56. The fourth-order valence-corrected chi connectivity index (χ4v) is 5.45. The molecule has 0 bridgehead atoms. The number of nitrogens with zero attached hydrogens (tertiary/aromatic N) is 2. The summed E-state index contributed by atoms with van der Waals surface area (Å²) in [5.74, 6) is 0. The first-order chi connectivity index (χ1) is 12.7. The molecule has 0 radical (unpaired) electrons. The molecule has 0 atom stereocenters. The second-order valence-electron chi connectivity index (χ2n) is 8.18. The molecule has 1 saturated carbocycles. The smallest absolute Gasteiger partial charge is 0.177 e. The van der Waals surface area contributed by atoms with Crippen LogP contribution in [0.5, 0.6) is 0 Å². The van der Waals surface area contributed by atoms with Gasteiger partial charge in [0, 0.05) is 47.5 Å². The van der Waals surface area contributed by atoms with Crippen molar-refractivity contribution in [1.82, 2.24) is 4.90 Å². The molecule has 140 valence electrons. The summed E-state index contributed by atoms with van der Waals surface area (Å²) in [5.41, 5.74) is 0.988. The summed E-state index contributed by atoms with van der Waals surface area (Å²) in [6, 6.07) is 8.92. The van der Waals surface area contributed by atoms with Gasteiger partial charge in [0.15, 0.2) is 7.28 Å². The van der Waals surface area contributed by atoms with Gasteiger partial charge in [-0.3, -0.25) is 0 Å². The molecule has 5 heteroatoms. The Hall–Kier alpha value is -1.04. The molecule has 0 spiro atoms. The van der Waals surface area contributed by atoms with E-state index in [1.54, 1.807) is 0 Å². The highest BCUT2D eigenvalue weighted by Crippen LogP contribution is 2.31. The molecule has 26 heavy (non-hydrogen) atoms. The van der Waals surface area contributed by atoms with Gasteiger partial charge in [0.05, 0.1) is 0 Å². The second-order valence-corrected chi connectivity index (χ2v) is 9.13. The molecule has 1 N–H and O–H groups in total. The number of aliphatic hydroxyl groups is 1. The maximum Gasteiger partial charge on any atom is 0.177 e. The molecule has 2 fully saturated rings. The zero-order valence-corrected chi connectivity index (χ0v) is 16.6. The van der Waals surface area contributed by atoms with Crippen LogP contribution in [-0.4, -0.2) is 55.4 Å². The lowest BCUT2D eigenvalue weighted by molar-refractivity contribution is 0.0902. The number of fused-ring (bicyclic) bond motifs is 1. The van der Waals surface area contributed by atoms with E-state index in [9.17, 15) is 5.11 Å². The average molecular weight is 370 g/mol. The van der Waals surface area contributed by atoms with E-state index in [-0.39, 0.29) is 0 Å². The maximum atomic E-state index is 11.0. The Balaban J connectivity index is 1.30. The standard InChI is InChI=1S/C21H31BN2OS/c25-21(10-4-2-1-3-5-11-21)22-17-23-12-14-24(15-13-23)19-7-6-8-20-18(19)9-16-26-20/h6-9,16,22,25H,1-5,10-15,17H2. The predicted molar refractivity (Wildman–Crippen MR) is 115 cm³/mol. The van der Waals surface area contributed by atoms with Crippen molar-refractivity contribution in [3.05, 3.63) is 29.6 Å². The normalized spacial score (nSPS) is 22.1. The highest BCUT2D eigenvalue weighted by molar-refractivity contribution is 7.17. The Kier molecular flexibility index (Phi) is 5.87. The predicted octanol–water partition coefficient (Wildman–Crippen LogP) is 3.85. The number of thiophene rings is 1. The van der Waals surface area contributed by atoms with Crippen molar-refractivity contribution in [2.24, 2.45) is 0 Å². The number of benzene rings is 1. The van der Waals surface area contributed by atoms with Crippen LogP contribution < -0.4 is 4.90 Å². The summed E-state index contributed by atoms with van der Waals surface area (Å²) in [5, 5.41) is 14.6. The zero-order valence-electron chi connectivity index (χ0n) is 15.8. The number of anilines is 1. The average Bonchev–Trinajstić information content (AvgIpc) is 3.13. The molecule has 1 aromatic carbocycles. The minimum absolute atomic E-state index is 0.403. The van der Waals surface area contributed by atoms with Gasteiger partial charge in [-0.05, 0) is 42.9 Å². The van der Waals surface area contributed by atoms with Gasteiger partial charge >= 0.3 is 0 Å². The molecule has 2 aliphatic rings. The van der Waals surface area contributed by atoms with Crippen LogP contribution in [0.25, 0.3) is 10.1 Å². The number of piperazine rings is 1. The summed E-state index contributed by atoms with van der Waals surface area (Å²) >= 11 is 1.83. The molecular formula is C21H31BN2OS. The van der Waals surface area contributed by atoms with Gasteiger partial charge in [0.1, 0.15) is 0 Å². The van der Waals surface area contributed by atoms with Crippen LogP contribution in [-0.2, 0) is 0 Å². The largest absolute Gasteiger partial charge is 0.399 e. The lowest BCUT2D eigenvalue weighted by Crippen LogP contribution is -2.51. The first-order valence-electron chi connectivity index (χ1n) is 10.4. The van der Waals surface area contributed by atoms with Gasteiger partial charge in [-0.15, -0.1) is 11.3 Å². The minimum Gasteiger partial charge on any atom is -0.399 e. The molecule has 3 nitrogen and oxygen atoms in total. The van der Waals surface area contributed by atoms with Crippen LogP contribution in [0.2, 0.25) is 0 Å². The van der Waals surface area contributed by atoms with Crippen molar-refractivity contribution in [3.8, 4) is 0 Å². The first kappa shape index (κ1) is 18.3. The van der Waals surface area contributed by atoms with Crippen LogP contribution in [0.4, 0.5) is 5.69 Å². The number of rotatable bonds is 4. The van der Waals surface area contributed by atoms with E-state index < -0.39 is 5.50 Å². The third-order valence-corrected chi connectivity index (χ3v) is 7.25. The molecule has 1 saturated heterocycles. The maximum absolute atomic E-state index is 11.0. The number of hydrogen-bond donors (Lipinski definition) is 1. The van der Waals surface area contributed by atoms with Gasteiger partial charge in [0.2, 0.25) is 0 Å². The van der Waals surface area contributed by atoms with Crippen molar-refractivity contribution < 1.29 is 5.11 Å². The van der Waals surface area contributed by atoms with Gasteiger partial charge in [0.25, 0.3) is 0 Å². The quantitative estimate of drug-likeness (QED) is 0.829. The third-order valence-electron chi connectivity index (χ3n) is 6.36. The van der Waals surface area contributed by atoms with E-state index in [1.807, 2.05) is 11.3 Å². The Morgan fingerprint density at radius 1 is 0.962 bits per heavy atom. The lowest BCUT2D eigenvalue weighted by Gasteiger charge is -2.38. The topological polar surface area (TPSA) is 26.7 Å². The molecule has 1 aromatic heterocycles. The molecule has 1 aliphatic carbocycles. The van der Waals surface area contributed by atoms with E-state index in [0.29, 0.717) is 0 Å². The van der Waals surface area contributed by atoms with Crippen LogP contribution in [0, 0.1) is 0 Å². The fraction of sp³-hybridized carbons (Fsp3) is 0.619. The minimum atomic E-state index is -0.403. The van der Waals surface area contributed by atoms with E-state index in [0.717, 1.165) is 52.7 Å². The summed E-state index contributed by atoms with van der Waals surface area (Å²) in [4.78, 5) is 5.09. The van der Waals surface area contributed by atoms with Crippen molar-refractivity contribution in [1.29, 1.82) is 0 Å². The molecule has 1 aliphatic heterocycles. The van der Waals surface area contributed by atoms with E-state index in [2.05, 4.69) is 39.4 Å². The van der Waals surface area contributed by atoms with Crippen LogP contribution in [0.3, 0.4) is 0 Å². The van der Waals surface area contributed by atoms with Crippen LogP contribution >= 0.6 is 11.3 Å². The molecule has 2 aromatic rings. The third kappa shape index (κ3) is 4.27. The summed E-state index contributed by atoms with van der Waals surface area (Å²) in [7, 11) is 0.952. The summed E-state index contributed by atoms with van der Waals surface area (Å²) < 4.78 is 1.39. The van der Waals surface area contributed by atoms with Crippen molar-refractivity contribution in [3.63, 3.8) is 0 Å². The summed E-state index contributed by atoms with van der Waals surface area (Å²) in [6.07, 6.45) is 9.43.